The number of amides is 1. The van der Waals surface area contributed by atoms with Crippen LogP contribution in [-0.2, 0) is 4.79 Å². The Morgan fingerprint density at radius 2 is 1.36 bits per heavy atom. The first kappa shape index (κ1) is 26.3. The summed E-state index contributed by atoms with van der Waals surface area (Å²) in [5, 5.41) is 3.93. The molecular weight excluding hydrogens is 460 g/mol. The van der Waals surface area contributed by atoms with Crippen molar-refractivity contribution in [1.29, 1.82) is 0 Å². The number of ether oxygens (including phenoxy) is 4. The molecule has 0 fully saturated rings. The van der Waals surface area contributed by atoms with Gasteiger partial charge in [0.1, 0.15) is 23.0 Å². The highest BCUT2D eigenvalue weighted by Gasteiger charge is 2.09. The van der Waals surface area contributed by atoms with Gasteiger partial charge in [-0.15, -0.1) is 0 Å². The van der Waals surface area contributed by atoms with Gasteiger partial charge in [0.2, 0.25) is 0 Å². The third-order valence-corrected chi connectivity index (χ3v) is 4.85. The number of hydrogen-bond acceptors (Lipinski definition) is 7. The molecule has 0 aliphatic carbocycles. The number of nitrogens with zero attached hydrogens (tertiary/aromatic N) is 1. The Balaban J connectivity index is 1.40. The predicted octanol–water partition coefficient (Wildman–Crippen LogP) is 5.01. The monoisotopic (exact) mass is 490 g/mol. The average molecular weight is 491 g/mol. The summed E-state index contributed by atoms with van der Waals surface area (Å²) in [7, 11) is 0. The fourth-order valence-electron chi connectivity index (χ4n) is 2.97. The largest absolute Gasteiger partial charge is 0.494 e. The molecule has 0 unspecified atom stereocenters. The lowest BCUT2D eigenvalue weighted by Gasteiger charge is -2.08. The molecule has 8 nitrogen and oxygen atoms in total. The van der Waals surface area contributed by atoms with Crippen LogP contribution < -0.4 is 24.4 Å². The van der Waals surface area contributed by atoms with Crippen molar-refractivity contribution in [3.63, 3.8) is 0 Å². The second-order valence-electron chi connectivity index (χ2n) is 7.67. The van der Waals surface area contributed by atoms with E-state index >= 15 is 0 Å². The lowest BCUT2D eigenvalue weighted by atomic mass is 10.2. The first-order valence-corrected chi connectivity index (χ1v) is 11.8. The van der Waals surface area contributed by atoms with E-state index in [1.54, 1.807) is 72.8 Å². The quantitative estimate of drug-likeness (QED) is 0.119. The number of carbonyl (C=O) groups is 2. The third kappa shape index (κ3) is 8.79. The highest BCUT2D eigenvalue weighted by Crippen LogP contribution is 2.18. The van der Waals surface area contributed by atoms with Crippen molar-refractivity contribution in [2.24, 2.45) is 5.10 Å². The molecule has 0 saturated carbocycles. The molecule has 1 N–H and O–H groups in total. The number of rotatable bonds is 13. The SMILES string of the molecule is CCCCOc1ccc(OCC(=O)NN=Cc2ccc(OC(=O)c3ccc(OCC)cc3)cc2)cc1. The lowest BCUT2D eigenvalue weighted by molar-refractivity contribution is -0.123. The summed E-state index contributed by atoms with van der Waals surface area (Å²) in [5.41, 5.74) is 3.55. The molecule has 0 aliphatic rings. The van der Waals surface area contributed by atoms with Crippen LogP contribution in [0.25, 0.3) is 0 Å². The second-order valence-corrected chi connectivity index (χ2v) is 7.67. The molecule has 3 rings (SSSR count). The fraction of sp³-hybridized carbons (Fsp3) is 0.250. The van der Waals surface area contributed by atoms with Crippen molar-refractivity contribution in [2.45, 2.75) is 26.7 Å². The van der Waals surface area contributed by atoms with Crippen LogP contribution in [0.2, 0.25) is 0 Å². The number of benzene rings is 3. The van der Waals surface area contributed by atoms with Gasteiger partial charge in [-0.2, -0.15) is 5.10 Å². The number of nitrogens with one attached hydrogen (secondary N) is 1. The molecule has 188 valence electrons. The number of esters is 1. The summed E-state index contributed by atoms with van der Waals surface area (Å²) in [4.78, 5) is 24.3. The van der Waals surface area contributed by atoms with Crippen molar-refractivity contribution in [1.82, 2.24) is 5.43 Å². The van der Waals surface area contributed by atoms with Crippen molar-refractivity contribution >= 4 is 18.1 Å². The maximum atomic E-state index is 12.3. The van der Waals surface area contributed by atoms with Crippen LogP contribution in [0.3, 0.4) is 0 Å². The van der Waals surface area contributed by atoms with Gasteiger partial charge in [0, 0.05) is 0 Å². The van der Waals surface area contributed by atoms with E-state index in [2.05, 4.69) is 17.5 Å². The molecule has 36 heavy (non-hydrogen) atoms. The van der Waals surface area contributed by atoms with Crippen molar-refractivity contribution < 1.29 is 28.5 Å². The van der Waals surface area contributed by atoms with Crippen LogP contribution in [0.5, 0.6) is 23.0 Å². The summed E-state index contributed by atoms with van der Waals surface area (Å²) in [5.74, 6) is 1.55. The molecular formula is C28H30N2O6. The minimum atomic E-state index is -0.467. The molecule has 8 heteroatoms. The molecule has 0 saturated heterocycles. The van der Waals surface area contributed by atoms with Crippen LogP contribution >= 0.6 is 0 Å². The van der Waals surface area contributed by atoms with Crippen LogP contribution in [0.1, 0.15) is 42.6 Å². The molecule has 3 aromatic carbocycles. The summed E-state index contributed by atoms with van der Waals surface area (Å²) in [6.45, 7) is 5.06. The van der Waals surface area contributed by atoms with Crippen LogP contribution in [0.15, 0.2) is 77.9 Å². The summed E-state index contributed by atoms with van der Waals surface area (Å²) >= 11 is 0. The van der Waals surface area contributed by atoms with E-state index in [1.807, 2.05) is 6.92 Å². The molecule has 0 radical (unpaired) electrons. The molecule has 1 amide bonds. The third-order valence-electron chi connectivity index (χ3n) is 4.85. The lowest BCUT2D eigenvalue weighted by Crippen LogP contribution is -2.24. The second kappa shape index (κ2) is 14.2. The minimum Gasteiger partial charge on any atom is -0.494 e. The van der Waals surface area contributed by atoms with Crippen LogP contribution in [0, 0.1) is 0 Å². The first-order valence-electron chi connectivity index (χ1n) is 11.8. The van der Waals surface area contributed by atoms with Gasteiger partial charge in [0.15, 0.2) is 6.61 Å². The van der Waals surface area contributed by atoms with E-state index < -0.39 is 11.9 Å². The smallest absolute Gasteiger partial charge is 0.343 e. The van der Waals surface area contributed by atoms with E-state index in [9.17, 15) is 9.59 Å². The number of hydrogen-bond donors (Lipinski definition) is 1. The van der Waals surface area contributed by atoms with E-state index in [4.69, 9.17) is 18.9 Å². The predicted molar refractivity (Wildman–Crippen MR) is 137 cm³/mol. The van der Waals surface area contributed by atoms with Gasteiger partial charge in [-0.05, 0) is 91.7 Å². The highest BCUT2D eigenvalue weighted by molar-refractivity contribution is 5.91. The zero-order valence-electron chi connectivity index (χ0n) is 20.4. The van der Waals surface area contributed by atoms with Gasteiger partial charge in [-0.3, -0.25) is 4.79 Å². The van der Waals surface area contributed by atoms with Crippen LogP contribution in [-0.4, -0.2) is 37.9 Å². The van der Waals surface area contributed by atoms with Gasteiger partial charge in [-0.25, -0.2) is 10.2 Å². The minimum absolute atomic E-state index is 0.173. The topological polar surface area (TPSA) is 95.5 Å². The number of carbonyl (C=O) groups excluding carboxylic acids is 2. The van der Waals surface area contributed by atoms with E-state index in [-0.39, 0.29) is 6.61 Å². The van der Waals surface area contributed by atoms with Gasteiger partial charge >= 0.3 is 5.97 Å². The Labute approximate surface area is 210 Å². The maximum Gasteiger partial charge on any atom is 0.343 e. The standard InChI is InChI=1S/C28H30N2O6/c1-3-5-18-34-24-14-16-25(17-15-24)35-20-27(31)30-29-19-21-6-10-26(11-7-21)36-28(32)22-8-12-23(13-9-22)33-4-2/h6-17,19H,3-5,18,20H2,1-2H3,(H,30,31). The molecule has 0 spiro atoms. The van der Waals surface area contributed by atoms with Crippen LogP contribution in [0.4, 0.5) is 0 Å². The van der Waals surface area contributed by atoms with Crippen molar-refractivity contribution in [3.05, 3.63) is 83.9 Å². The summed E-state index contributed by atoms with van der Waals surface area (Å²) in [6.07, 6.45) is 3.56. The molecule has 0 atom stereocenters. The Kier molecular flexibility index (Phi) is 10.3. The Bertz CT molecular complexity index is 1130. The highest BCUT2D eigenvalue weighted by atomic mass is 16.5. The first-order chi connectivity index (χ1) is 17.6. The maximum absolute atomic E-state index is 12.3. The van der Waals surface area contributed by atoms with Gasteiger partial charge in [0.05, 0.1) is 25.0 Å². The number of unbranched alkanes of at least 4 members (excludes halogenated alkanes) is 1. The zero-order chi connectivity index (χ0) is 25.6. The Morgan fingerprint density at radius 1 is 0.778 bits per heavy atom. The number of hydrazone groups is 1. The Hall–Kier alpha value is -4.33. The van der Waals surface area contributed by atoms with E-state index in [0.717, 1.165) is 24.2 Å². The van der Waals surface area contributed by atoms with Crippen molar-refractivity contribution in [3.8, 4) is 23.0 Å². The average Bonchev–Trinajstić information content (AvgIpc) is 2.90. The Morgan fingerprint density at radius 3 is 2.00 bits per heavy atom. The van der Waals surface area contributed by atoms with Gasteiger partial charge < -0.3 is 18.9 Å². The summed E-state index contributed by atoms with van der Waals surface area (Å²) in [6, 6.07) is 20.6. The van der Waals surface area contributed by atoms with Gasteiger partial charge in [-0.1, -0.05) is 13.3 Å². The van der Waals surface area contributed by atoms with E-state index in [0.29, 0.717) is 36.0 Å². The molecule has 3 aromatic rings. The summed E-state index contributed by atoms with van der Waals surface area (Å²) < 4.78 is 21.8. The zero-order valence-corrected chi connectivity index (χ0v) is 20.4. The molecule has 0 aromatic heterocycles. The van der Waals surface area contributed by atoms with Gasteiger partial charge in [0.25, 0.3) is 5.91 Å². The fourth-order valence-corrected chi connectivity index (χ4v) is 2.97. The molecule has 0 bridgehead atoms. The molecule has 0 aliphatic heterocycles. The van der Waals surface area contributed by atoms with Crippen molar-refractivity contribution in [2.75, 3.05) is 19.8 Å². The molecule has 0 heterocycles. The normalized spacial score (nSPS) is 10.6. The van der Waals surface area contributed by atoms with E-state index in [1.165, 1.54) is 6.21 Å².